The Morgan fingerprint density at radius 1 is 1.00 bits per heavy atom. The minimum atomic E-state index is -0.197. The average Bonchev–Trinajstić information content (AvgIpc) is 3.24. The zero-order chi connectivity index (χ0) is 23.2. The van der Waals surface area contributed by atoms with Crippen LogP contribution < -0.4 is 5.32 Å². The van der Waals surface area contributed by atoms with Gasteiger partial charge in [-0.05, 0) is 76.1 Å². The highest BCUT2D eigenvalue weighted by atomic mass is 16.2. The van der Waals surface area contributed by atoms with E-state index < -0.39 is 0 Å². The standard InChI is InChI=1S/C28H37N3O2.H2/c1-20(32)24-17-25-28(29-27(2,3)19-31(25)18-24)13-15-30(16-14-28)26(33)23-11-9-22(10-12-23)21-7-5-4-6-8-21;/h9-12,17-18,21,29H,4-8,13-16,19H2,1-3H3;1H. The molecule has 0 atom stereocenters. The first-order chi connectivity index (χ1) is 15.8. The molecule has 2 aliphatic heterocycles. The quantitative estimate of drug-likeness (QED) is 0.630. The first-order valence-electron chi connectivity index (χ1n) is 12.7. The molecule has 1 saturated carbocycles. The molecule has 1 saturated heterocycles. The Bertz CT molecular complexity index is 1040. The highest BCUT2D eigenvalue weighted by molar-refractivity contribution is 5.95. The Labute approximate surface area is 199 Å². The van der Waals surface area contributed by atoms with Crippen LogP contribution in [0.1, 0.15) is 105 Å². The number of hydrogen-bond acceptors (Lipinski definition) is 3. The Morgan fingerprint density at radius 3 is 2.30 bits per heavy atom. The number of carbonyl (C=O) groups is 2. The second-order valence-corrected chi connectivity index (χ2v) is 11.1. The van der Waals surface area contributed by atoms with Gasteiger partial charge in [-0.1, -0.05) is 31.4 Å². The van der Waals surface area contributed by atoms with Gasteiger partial charge in [0.2, 0.25) is 0 Å². The summed E-state index contributed by atoms with van der Waals surface area (Å²) in [6.45, 7) is 8.34. The number of carbonyl (C=O) groups excluding carboxylic acids is 2. The SMILES string of the molecule is CC(=O)c1cc2n(c1)CC(C)(C)NC21CCN(C(=O)c2ccc(C3CCCCC3)cc2)CC1.[HH]. The van der Waals surface area contributed by atoms with E-state index >= 15 is 0 Å². The predicted octanol–water partition coefficient (Wildman–Crippen LogP) is 5.50. The molecular weight excluding hydrogens is 410 g/mol. The number of aromatic nitrogens is 1. The summed E-state index contributed by atoms with van der Waals surface area (Å²) in [7, 11) is 0. The number of ketones is 1. The maximum Gasteiger partial charge on any atom is 0.253 e. The lowest BCUT2D eigenvalue weighted by atomic mass is 9.79. The maximum atomic E-state index is 13.3. The summed E-state index contributed by atoms with van der Waals surface area (Å²) in [5.41, 5.74) is 3.89. The van der Waals surface area contributed by atoms with Crippen LogP contribution in [0.15, 0.2) is 36.5 Å². The van der Waals surface area contributed by atoms with Gasteiger partial charge >= 0.3 is 0 Å². The number of Topliss-reactive ketones (excluding diaryl/α,β-unsaturated/α-hetero) is 1. The Balaban J connectivity index is 0.00000274. The first-order valence-corrected chi connectivity index (χ1v) is 12.7. The minimum absolute atomic E-state index is 0. The van der Waals surface area contributed by atoms with Crippen molar-refractivity contribution in [1.82, 2.24) is 14.8 Å². The summed E-state index contributed by atoms with van der Waals surface area (Å²) in [6.07, 6.45) is 10.3. The van der Waals surface area contributed by atoms with Gasteiger partial charge in [0.1, 0.15) is 0 Å². The molecule has 0 unspecified atom stereocenters. The van der Waals surface area contributed by atoms with E-state index in [0.717, 1.165) is 30.5 Å². The van der Waals surface area contributed by atoms with Gasteiger partial charge in [0.05, 0.1) is 5.54 Å². The normalized spacial score (nSPS) is 22.2. The summed E-state index contributed by atoms with van der Waals surface area (Å²) in [5.74, 6) is 0.902. The molecule has 1 aliphatic carbocycles. The van der Waals surface area contributed by atoms with Crippen LogP contribution in [-0.4, -0.2) is 39.8 Å². The fourth-order valence-electron chi connectivity index (χ4n) is 6.41. The average molecular weight is 450 g/mol. The molecule has 5 rings (SSSR count). The molecule has 1 aromatic carbocycles. The fraction of sp³-hybridized carbons (Fsp3) is 0.571. The van der Waals surface area contributed by atoms with Gasteiger partial charge in [-0.15, -0.1) is 0 Å². The van der Waals surface area contributed by atoms with Gasteiger partial charge in [0, 0.05) is 49.6 Å². The van der Waals surface area contributed by atoms with Gasteiger partial charge in [-0.2, -0.15) is 0 Å². The maximum absolute atomic E-state index is 13.3. The van der Waals surface area contributed by atoms with Crippen molar-refractivity contribution in [2.24, 2.45) is 0 Å². The Kier molecular flexibility index (Phi) is 5.72. The molecule has 2 aromatic rings. The van der Waals surface area contributed by atoms with Crippen molar-refractivity contribution in [3.63, 3.8) is 0 Å². The van der Waals surface area contributed by atoms with Crippen molar-refractivity contribution >= 4 is 11.7 Å². The first kappa shape index (κ1) is 22.4. The van der Waals surface area contributed by atoms with Crippen LogP contribution in [0.3, 0.4) is 0 Å². The van der Waals surface area contributed by atoms with E-state index in [1.54, 1.807) is 6.92 Å². The van der Waals surface area contributed by atoms with Gasteiger partial charge < -0.3 is 9.47 Å². The zero-order valence-corrected chi connectivity index (χ0v) is 20.3. The van der Waals surface area contributed by atoms with Crippen LogP contribution in [0, 0.1) is 0 Å². The number of amides is 1. The van der Waals surface area contributed by atoms with Gasteiger partial charge in [0.15, 0.2) is 5.78 Å². The third kappa shape index (κ3) is 4.28. The monoisotopic (exact) mass is 449 g/mol. The second kappa shape index (κ2) is 8.43. The summed E-state index contributed by atoms with van der Waals surface area (Å²) in [6, 6.07) is 10.5. The van der Waals surface area contributed by atoms with Crippen molar-refractivity contribution in [2.45, 2.75) is 89.3 Å². The molecule has 1 aromatic heterocycles. The summed E-state index contributed by atoms with van der Waals surface area (Å²) < 4.78 is 2.26. The molecule has 1 spiro atoms. The van der Waals surface area contributed by atoms with Crippen LogP contribution in [-0.2, 0) is 12.1 Å². The summed E-state index contributed by atoms with van der Waals surface area (Å²) in [5, 5.41) is 3.89. The van der Waals surface area contributed by atoms with Crippen LogP contribution in [0.5, 0.6) is 0 Å². The van der Waals surface area contributed by atoms with Gasteiger partial charge in [0.25, 0.3) is 5.91 Å². The molecule has 3 aliphatic rings. The molecule has 0 radical (unpaired) electrons. The van der Waals surface area contributed by atoms with Crippen molar-refractivity contribution in [2.75, 3.05) is 13.1 Å². The molecule has 1 amide bonds. The molecule has 178 valence electrons. The van der Waals surface area contributed by atoms with E-state index in [-0.39, 0.29) is 24.2 Å². The molecular formula is C28H39N3O2. The van der Waals surface area contributed by atoms with Crippen LogP contribution >= 0.6 is 0 Å². The smallest absolute Gasteiger partial charge is 0.253 e. The molecule has 5 heteroatoms. The zero-order valence-electron chi connectivity index (χ0n) is 20.3. The van der Waals surface area contributed by atoms with Crippen molar-refractivity contribution in [1.29, 1.82) is 0 Å². The molecule has 1 N–H and O–H groups in total. The van der Waals surface area contributed by atoms with Crippen molar-refractivity contribution < 1.29 is 11.0 Å². The number of nitrogens with zero attached hydrogens (tertiary/aromatic N) is 2. The third-order valence-corrected chi connectivity index (χ3v) is 8.08. The molecule has 0 bridgehead atoms. The number of piperidine rings is 1. The van der Waals surface area contributed by atoms with Crippen LogP contribution in [0.2, 0.25) is 0 Å². The Hall–Kier alpha value is -2.40. The largest absolute Gasteiger partial charge is 0.347 e. The topological polar surface area (TPSA) is 54.3 Å². The Morgan fingerprint density at radius 2 is 1.67 bits per heavy atom. The third-order valence-electron chi connectivity index (χ3n) is 8.08. The number of fused-ring (bicyclic) bond motifs is 2. The summed E-state index contributed by atoms with van der Waals surface area (Å²) >= 11 is 0. The molecule has 5 nitrogen and oxygen atoms in total. The summed E-state index contributed by atoms with van der Waals surface area (Å²) in [4.78, 5) is 27.3. The highest BCUT2D eigenvalue weighted by Crippen LogP contribution is 2.40. The number of nitrogens with one attached hydrogen (secondary N) is 1. The lowest BCUT2D eigenvalue weighted by molar-refractivity contribution is 0.0521. The number of hydrogen-bond donors (Lipinski definition) is 1. The lowest BCUT2D eigenvalue weighted by Gasteiger charge is -2.51. The van der Waals surface area contributed by atoms with E-state index in [1.165, 1.54) is 43.4 Å². The van der Waals surface area contributed by atoms with Gasteiger partial charge in [-0.3, -0.25) is 14.9 Å². The van der Waals surface area contributed by atoms with E-state index in [0.29, 0.717) is 19.0 Å². The predicted molar refractivity (Wildman–Crippen MR) is 133 cm³/mol. The minimum Gasteiger partial charge on any atom is -0.347 e. The van der Waals surface area contributed by atoms with Crippen molar-refractivity contribution in [3.8, 4) is 0 Å². The number of rotatable bonds is 3. The fourth-order valence-corrected chi connectivity index (χ4v) is 6.41. The second-order valence-electron chi connectivity index (χ2n) is 11.1. The highest BCUT2D eigenvalue weighted by Gasteiger charge is 2.46. The lowest BCUT2D eigenvalue weighted by Crippen LogP contribution is -2.63. The van der Waals surface area contributed by atoms with E-state index in [2.05, 4.69) is 41.9 Å². The van der Waals surface area contributed by atoms with Gasteiger partial charge in [-0.25, -0.2) is 0 Å². The number of benzene rings is 1. The molecule has 33 heavy (non-hydrogen) atoms. The molecule has 2 fully saturated rings. The molecule has 3 heterocycles. The van der Waals surface area contributed by atoms with Crippen LogP contribution in [0.4, 0.5) is 0 Å². The van der Waals surface area contributed by atoms with Crippen LogP contribution in [0.25, 0.3) is 0 Å². The van der Waals surface area contributed by atoms with E-state index in [4.69, 9.17) is 0 Å². The number of likely N-dealkylation sites (tertiary alicyclic amines) is 1. The van der Waals surface area contributed by atoms with Crippen molar-refractivity contribution in [3.05, 3.63) is 58.9 Å². The van der Waals surface area contributed by atoms with E-state index in [9.17, 15) is 9.59 Å². The van der Waals surface area contributed by atoms with E-state index in [1.807, 2.05) is 23.2 Å².